The average Bonchev–Trinajstić information content (AvgIpc) is 2.98. The lowest BCUT2D eigenvalue weighted by Crippen LogP contribution is -2.27. The van der Waals surface area contributed by atoms with Gasteiger partial charge in [0.15, 0.2) is 0 Å². The van der Waals surface area contributed by atoms with Crippen LogP contribution in [-0.4, -0.2) is 31.4 Å². The van der Waals surface area contributed by atoms with Gasteiger partial charge >= 0.3 is 0 Å². The van der Waals surface area contributed by atoms with Gasteiger partial charge in [-0.15, -0.1) is 26.6 Å². The fourth-order valence-corrected chi connectivity index (χ4v) is 3.11. The van der Waals surface area contributed by atoms with Crippen molar-refractivity contribution in [3.63, 3.8) is 0 Å². The molecule has 0 spiro atoms. The summed E-state index contributed by atoms with van der Waals surface area (Å²) in [4.78, 5) is 12.7. The maximum Gasteiger partial charge on any atom is 0.220 e. The lowest BCUT2D eigenvalue weighted by molar-refractivity contribution is -0.118. The molecule has 1 heterocycles. The Morgan fingerprint density at radius 1 is 1.27 bits per heavy atom. The van der Waals surface area contributed by atoms with Crippen LogP contribution >= 0.6 is 11.6 Å². The second-order valence-corrected chi connectivity index (χ2v) is 7.66. The summed E-state index contributed by atoms with van der Waals surface area (Å²) in [5.74, 6) is -0.263. The number of allylic oxidation sites excluding steroid dienone is 4. The highest BCUT2D eigenvalue weighted by Gasteiger charge is 2.34. The van der Waals surface area contributed by atoms with Crippen molar-refractivity contribution in [1.29, 1.82) is 0 Å². The summed E-state index contributed by atoms with van der Waals surface area (Å²) in [6, 6.07) is 7.47. The SMILES string of the molecule is CC(=O)NC=C1C(C(C)(C)C)=CC(n2nc3ccccc3n2)=C(O)C1Cl. The van der Waals surface area contributed by atoms with Gasteiger partial charge in [-0.2, -0.15) is 0 Å². The number of rotatable bonds is 2. The highest BCUT2D eigenvalue weighted by Crippen LogP contribution is 2.41. The molecule has 0 aliphatic heterocycles. The number of fused-ring (bicyclic) bond motifs is 1. The molecule has 0 bridgehead atoms. The lowest BCUT2D eigenvalue weighted by atomic mass is 9.78. The fourth-order valence-electron chi connectivity index (χ4n) is 2.82. The molecule has 1 aliphatic rings. The molecule has 2 N–H and O–H groups in total. The summed E-state index contributed by atoms with van der Waals surface area (Å²) in [7, 11) is 0. The van der Waals surface area contributed by atoms with E-state index >= 15 is 0 Å². The standard InChI is InChI=1S/C19H21ClN4O2/c1-11(25)21-10-12-13(19(2,3)4)9-16(18(26)17(12)20)24-22-14-7-5-6-8-15(14)23-24/h5-10,17,26H,1-4H3,(H,21,25). The number of halogens is 1. The largest absolute Gasteiger partial charge is 0.508 e. The Morgan fingerprint density at radius 2 is 1.85 bits per heavy atom. The van der Waals surface area contributed by atoms with Crippen LogP contribution in [0.15, 0.2) is 53.4 Å². The quantitative estimate of drug-likeness (QED) is 0.786. The number of carbonyl (C=O) groups excluding carboxylic acids is 1. The van der Waals surface area contributed by atoms with Gasteiger partial charge in [0.1, 0.15) is 27.9 Å². The van der Waals surface area contributed by atoms with Gasteiger partial charge in [-0.05, 0) is 34.8 Å². The van der Waals surface area contributed by atoms with Gasteiger partial charge in [0.2, 0.25) is 5.91 Å². The third-order valence-electron chi connectivity index (χ3n) is 4.11. The molecular weight excluding hydrogens is 352 g/mol. The summed E-state index contributed by atoms with van der Waals surface area (Å²) in [5.41, 5.74) is 3.14. The highest BCUT2D eigenvalue weighted by atomic mass is 35.5. The third-order valence-corrected chi connectivity index (χ3v) is 4.55. The Kier molecular flexibility index (Phi) is 4.63. The van der Waals surface area contributed by atoms with Crippen molar-refractivity contribution in [2.75, 3.05) is 0 Å². The highest BCUT2D eigenvalue weighted by molar-refractivity contribution is 6.25. The van der Waals surface area contributed by atoms with Gasteiger partial charge in [0, 0.05) is 13.1 Å². The zero-order valence-corrected chi connectivity index (χ0v) is 15.9. The van der Waals surface area contributed by atoms with Crippen molar-refractivity contribution in [3.05, 3.63) is 53.4 Å². The van der Waals surface area contributed by atoms with Gasteiger partial charge in [0.05, 0.1) is 0 Å². The molecule has 0 radical (unpaired) electrons. The number of hydrogen-bond acceptors (Lipinski definition) is 4. The maximum atomic E-state index is 11.3. The van der Waals surface area contributed by atoms with E-state index in [9.17, 15) is 9.90 Å². The number of amides is 1. The monoisotopic (exact) mass is 372 g/mol. The molecule has 26 heavy (non-hydrogen) atoms. The van der Waals surface area contributed by atoms with Crippen LogP contribution in [-0.2, 0) is 4.79 Å². The molecule has 1 atom stereocenters. The van der Waals surface area contributed by atoms with Crippen molar-refractivity contribution in [2.45, 2.75) is 33.1 Å². The first-order chi connectivity index (χ1) is 12.2. The van der Waals surface area contributed by atoms with Gasteiger partial charge in [-0.3, -0.25) is 4.79 Å². The van der Waals surface area contributed by atoms with E-state index in [0.29, 0.717) is 11.3 Å². The molecule has 1 aromatic heterocycles. The second kappa shape index (κ2) is 6.61. The van der Waals surface area contributed by atoms with Crippen molar-refractivity contribution in [2.24, 2.45) is 5.41 Å². The number of aliphatic hydroxyl groups excluding tert-OH is 1. The molecule has 1 unspecified atom stereocenters. The van der Waals surface area contributed by atoms with E-state index in [1.165, 1.54) is 11.7 Å². The van der Waals surface area contributed by atoms with E-state index in [-0.39, 0.29) is 17.1 Å². The van der Waals surface area contributed by atoms with Gasteiger partial charge < -0.3 is 10.4 Å². The zero-order valence-electron chi connectivity index (χ0n) is 15.1. The second-order valence-electron chi connectivity index (χ2n) is 7.22. The van der Waals surface area contributed by atoms with Crippen LogP contribution in [0.3, 0.4) is 0 Å². The molecule has 1 aromatic carbocycles. The van der Waals surface area contributed by atoms with Crippen molar-refractivity contribution in [3.8, 4) is 0 Å². The molecule has 2 aromatic rings. The Balaban J connectivity index is 2.15. The minimum atomic E-state index is -0.815. The number of carbonyl (C=O) groups is 1. The van der Waals surface area contributed by atoms with E-state index in [0.717, 1.165) is 16.6 Å². The predicted molar refractivity (Wildman–Crippen MR) is 102 cm³/mol. The molecule has 7 heteroatoms. The molecule has 3 rings (SSSR count). The predicted octanol–water partition coefficient (Wildman–Crippen LogP) is 3.77. The van der Waals surface area contributed by atoms with Crippen LogP contribution < -0.4 is 5.32 Å². The molecule has 0 saturated carbocycles. The summed E-state index contributed by atoms with van der Waals surface area (Å²) < 4.78 is 0. The van der Waals surface area contributed by atoms with Gasteiger partial charge in [-0.25, -0.2) is 0 Å². The Morgan fingerprint density at radius 3 is 2.35 bits per heavy atom. The smallest absolute Gasteiger partial charge is 0.220 e. The van der Waals surface area contributed by atoms with Crippen LogP contribution in [0.2, 0.25) is 0 Å². The van der Waals surface area contributed by atoms with Crippen molar-refractivity contribution < 1.29 is 9.90 Å². The summed E-state index contributed by atoms with van der Waals surface area (Å²) in [5, 5.41) is 21.4. The number of aromatic nitrogens is 3. The zero-order chi connectivity index (χ0) is 19.1. The minimum Gasteiger partial charge on any atom is -0.508 e. The number of alkyl halides is 1. The number of benzene rings is 1. The number of nitrogens with zero attached hydrogens (tertiary/aromatic N) is 3. The van der Waals surface area contributed by atoms with Crippen LogP contribution in [0.4, 0.5) is 0 Å². The van der Waals surface area contributed by atoms with Crippen LogP contribution in [0, 0.1) is 5.41 Å². The third kappa shape index (κ3) is 3.37. The first-order valence-electron chi connectivity index (χ1n) is 8.28. The van der Waals surface area contributed by atoms with Crippen molar-refractivity contribution in [1.82, 2.24) is 20.3 Å². The number of hydrogen-bond donors (Lipinski definition) is 2. The Bertz CT molecular complexity index is 930. The van der Waals surface area contributed by atoms with E-state index in [1.807, 2.05) is 51.1 Å². The summed E-state index contributed by atoms with van der Waals surface area (Å²) >= 11 is 6.52. The van der Waals surface area contributed by atoms with Crippen LogP contribution in [0.1, 0.15) is 27.7 Å². The van der Waals surface area contributed by atoms with Gasteiger partial charge in [-0.1, -0.05) is 32.9 Å². The number of aliphatic hydroxyl groups is 1. The molecule has 136 valence electrons. The molecule has 1 aliphatic carbocycles. The maximum absolute atomic E-state index is 11.3. The molecule has 0 saturated heterocycles. The van der Waals surface area contributed by atoms with Crippen LogP contribution in [0.25, 0.3) is 16.7 Å². The first kappa shape index (κ1) is 18.2. The molecule has 6 nitrogen and oxygen atoms in total. The van der Waals surface area contributed by atoms with E-state index < -0.39 is 5.38 Å². The van der Waals surface area contributed by atoms with Gasteiger partial charge in [0.25, 0.3) is 0 Å². The molecule has 1 amide bonds. The Labute approximate surface area is 156 Å². The van der Waals surface area contributed by atoms with Crippen molar-refractivity contribution >= 4 is 34.2 Å². The summed E-state index contributed by atoms with van der Waals surface area (Å²) in [6.45, 7) is 7.54. The molecule has 0 fully saturated rings. The first-order valence-corrected chi connectivity index (χ1v) is 8.71. The minimum absolute atomic E-state index is 0.0587. The number of nitrogens with one attached hydrogen (secondary N) is 1. The fraction of sp³-hybridized carbons (Fsp3) is 0.316. The topological polar surface area (TPSA) is 80.0 Å². The van der Waals surface area contributed by atoms with Crippen LogP contribution in [0.5, 0.6) is 0 Å². The summed E-state index contributed by atoms with van der Waals surface area (Å²) in [6.07, 6.45) is 3.37. The van der Waals surface area contributed by atoms with E-state index in [2.05, 4.69) is 15.5 Å². The molecular formula is C19H21ClN4O2. The normalized spacial score (nSPS) is 19.8. The van der Waals surface area contributed by atoms with E-state index in [4.69, 9.17) is 11.6 Å². The average molecular weight is 373 g/mol. The lowest BCUT2D eigenvalue weighted by Gasteiger charge is -2.31. The van der Waals surface area contributed by atoms with E-state index in [1.54, 1.807) is 6.20 Å². The Hall–Kier alpha value is -2.60.